The number of piperidine rings is 1. The van der Waals surface area contributed by atoms with Gasteiger partial charge >= 0.3 is 6.09 Å². The number of nitrogens with zero attached hydrogens (tertiary/aromatic N) is 3. The third-order valence-corrected chi connectivity index (χ3v) is 6.14. The van der Waals surface area contributed by atoms with E-state index in [1.54, 1.807) is 0 Å². The predicted molar refractivity (Wildman–Crippen MR) is 118 cm³/mol. The predicted octanol–water partition coefficient (Wildman–Crippen LogP) is 6.09. The molecule has 2 aliphatic rings. The molecule has 1 aromatic heterocycles. The molecule has 0 radical (unpaired) electrons. The summed E-state index contributed by atoms with van der Waals surface area (Å²) in [6.45, 7) is 11.4. The molecule has 1 aromatic rings. The summed E-state index contributed by atoms with van der Waals surface area (Å²) >= 11 is 0. The van der Waals surface area contributed by atoms with Crippen molar-refractivity contribution in [2.24, 2.45) is 0 Å². The zero-order valence-corrected chi connectivity index (χ0v) is 19.0. The van der Waals surface area contributed by atoms with Gasteiger partial charge in [-0.05, 0) is 72.9 Å². The average molecular weight is 402 g/mol. The quantitative estimate of drug-likeness (QED) is 0.612. The molecule has 1 aliphatic carbocycles. The van der Waals surface area contributed by atoms with Crippen LogP contribution in [0.5, 0.6) is 0 Å². The van der Waals surface area contributed by atoms with E-state index >= 15 is 0 Å². The lowest BCUT2D eigenvalue weighted by molar-refractivity contribution is 0.0554. The van der Waals surface area contributed by atoms with Crippen LogP contribution in [0.3, 0.4) is 0 Å². The minimum atomic E-state index is -0.520. The van der Waals surface area contributed by atoms with Crippen LogP contribution in [0.15, 0.2) is 18.3 Å². The van der Waals surface area contributed by atoms with E-state index in [1.165, 1.54) is 24.8 Å². The fourth-order valence-electron chi connectivity index (χ4n) is 4.84. The maximum absolute atomic E-state index is 13.4. The highest BCUT2D eigenvalue weighted by molar-refractivity contribution is 5.88. The van der Waals surface area contributed by atoms with E-state index in [1.807, 2.05) is 37.9 Å². The molecule has 3 rings (SSSR count). The molecule has 1 saturated heterocycles. The minimum absolute atomic E-state index is 0.170. The Bertz CT molecular complexity index is 677. The van der Waals surface area contributed by atoms with Crippen molar-refractivity contribution in [3.63, 3.8) is 0 Å². The largest absolute Gasteiger partial charge is 0.443 e. The van der Waals surface area contributed by atoms with Gasteiger partial charge in [0.1, 0.15) is 11.4 Å². The zero-order valence-electron chi connectivity index (χ0n) is 19.0. The van der Waals surface area contributed by atoms with E-state index in [4.69, 9.17) is 9.72 Å². The first kappa shape index (κ1) is 22.1. The molecule has 0 aromatic carbocycles. The molecule has 0 N–H and O–H groups in total. The van der Waals surface area contributed by atoms with E-state index in [-0.39, 0.29) is 12.1 Å². The molecule has 0 unspecified atom stereocenters. The Balaban J connectivity index is 2.00. The number of pyridine rings is 1. The Morgan fingerprint density at radius 1 is 1.14 bits per heavy atom. The molecule has 29 heavy (non-hydrogen) atoms. The van der Waals surface area contributed by atoms with Crippen LogP contribution < -0.4 is 4.90 Å². The second kappa shape index (κ2) is 9.46. The van der Waals surface area contributed by atoms with Crippen molar-refractivity contribution in [1.82, 2.24) is 9.88 Å². The van der Waals surface area contributed by atoms with Crippen molar-refractivity contribution in [3.8, 4) is 0 Å². The highest BCUT2D eigenvalue weighted by Crippen LogP contribution is 2.39. The number of anilines is 1. The van der Waals surface area contributed by atoms with Crippen LogP contribution in [0, 0.1) is 0 Å². The molecule has 162 valence electrons. The summed E-state index contributed by atoms with van der Waals surface area (Å²) < 4.78 is 5.86. The number of amides is 1. The van der Waals surface area contributed by atoms with Crippen molar-refractivity contribution in [2.75, 3.05) is 11.4 Å². The Labute approximate surface area is 176 Å². The summed E-state index contributed by atoms with van der Waals surface area (Å²) in [5.41, 5.74) is 0.658. The summed E-state index contributed by atoms with van der Waals surface area (Å²) in [5.74, 6) is 0.811. The van der Waals surface area contributed by atoms with Gasteiger partial charge in [0.05, 0.1) is 0 Å². The van der Waals surface area contributed by atoms with Gasteiger partial charge in [-0.1, -0.05) is 31.7 Å². The van der Waals surface area contributed by atoms with E-state index < -0.39 is 5.60 Å². The SMILES string of the molecule is CC(C)N1CCCC[C@@H]1c1cccnc1N(C(=O)OC(C)(C)C)C1CCCCC1. The maximum atomic E-state index is 13.4. The van der Waals surface area contributed by atoms with Gasteiger partial charge < -0.3 is 4.74 Å². The van der Waals surface area contributed by atoms with E-state index in [9.17, 15) is 4.79 Å². The van der Waals surface area contributed by atoms with Crippen LogP contribution in [-0.2, 0) is 4.74 Å². The Hall–Kier alpha value is -1.62. The van der Waals surface area contributed by atoms with Crippen LogP contribution in [0.25, 0.3) is 0 Å². The number of hydrogen-bond donors (Lipinski definition) is 0. The summed E-state index contributed by atoms with van der Waals surface area (Å²) in [4.78, 5) is 22.6. The molecule has 1 saturated carbocycles. The molecule has 1 atom stereocenters. The monoisotopic (exact) mass is 401 g/mol. The topological polar surface area (TPSA) is 45.7 Å². The van der Waals surface area contributed by atoms with Gasteiger partial charge in [0.15, 0.2) is 0 Å². The molecular weight excluding hydrogens is 362 g/mol. The standard InChI is InChI=1S/C24H39N3O2/c1-18(2)26-17-10-9-15-21(26)20-14-11-16-25-22(20)27(19-12-7-6-8-13-19)23(28)29-24(3,4)5/h11,14,16,18-19,21H,6-10,12-13,15,17H2,1-5H3/t21-/m1/s1. The first-order valence-electron chi connectivity index (χ1n) is 11.5. The number of likely N-dealkylation sites (tertiary alicyclic amines) is 1. The Kier molecular flexibility index (Phi) is 7.20. The van der Waals surface area contributed by atoms with Crippen LogP contribution in [0.2, 0.25) is 0 Å². The highest BCUT2D eigenvalue weighted by atomic mass is 16.6. The first-order valence-corrected chi connectivity index (χ1v) is 11.5. The van der Waals surface area contributed by atoms with Gasteiger partial charge in [-0.2, -0.15) is 0 Å². The third kappa shape index (κ3) is 5.50. The third-order valence-electron chi connectivity index (χ3n) is 6.14. The fourth-order valence-corrected chi connectivity index (χ4v) is 4.84. The van der Waals surface area contributed by atoms with Gasteiger partial charge in [-0.15, -0.1) is 0 Å². The number of hydrogen-bond acceptors (Lipinski definition) is 4. The normalized spacial score (nSPS) is 21.9. The molecule has 0 bridgehead atoms. The van der Waals surface area contributed by atoms with Crippen molar-refractivity contribution in [1.29, 1.82) is 0 Å². The molecule has 5 nitrogen and oxygen atoms in total. The number of carbonyl (C=O) groups is 1. The van der Waals surface area contributed by atoms with Crippen LogP contribution >= 0.6 is 0 Å². The average Bonchev–Trinajstić information content (AvgIpc) is 2.68. The number of carbonyl (C=O) groups excluding carboxylic acids is 1. The van der Waals surface area contributed by atoms with Crippen molar-refractivity contribution < 1.29 is 9.53 Å². The highest BCUT2D eigenvalue weighted by Gasteiger charge is 2.36. The summed E-state index contributed by atoms with van der Waals surface area (Å²) in [6, 6.07) is 5.14. The number of ether oxygens (including phenoxy) is 1. The fraction of sp³-hybridized carbons (Fsp3) is 0.750. The maximum Gasteiger partial charge on any atom is 0.416 e. The first-order chi connectivity index (χ1) is 13.8. The van der Waals surface area contributed by atoms with Crippen molar-refractivity contribution in [3.05, 3.63) is 23.9 Å². The van der Waals surface area contributed by atoms with Gasteiger partial charge in [-0.25, -0.2) is 9.78 Å². The van der Waals surface area contributed by atoms with Crippen molar-refractivity contribution in [2.45, 2.75) is 110 Å². The summed E-state index contributed by atoms with van der Waals surface area (Å²) in [6.07, 6.45) is 10.8. The zero-order chi connectivity index (χ0) is 21.0. The van der Waals surface area contributed by atoms with E-state index in [2.05, 4.69) is 24.8 Å². The smallest absolute Gasteiger partial charge is 0.416 e. The Morgan fingerprint density at radius 2 is 1.83 bits per heavy atom. The lowest BCUT2D eigenvalue weighted by atomic mass is 9.91. The Morgan fingerprint density at radius 3 is 2.48 bits per heavy atom. The molecule has 0 spiro atoms. The molecule has 2 fully saturated rings. The number of aromatic nitrogens is 1. The molecule has 2 heterocycles. The molecule has 5 heteroatoms. The van der Waals surface area contributed by atoms with Gasteiger partial charge in [0, 0.05) is 29.9 Å². The molecular formula is C24H39N3O2. The number of rotatable bonds is 4. The lowest BCUT2D eigenvalue weighted by Crippen LogP contribution is -2.46. The van der Waals surface area contributed by atoms with Gasteiger partial charge in [0.2, 0.25) is 0 Å². The van der Waals surface area contributed by atoms with Gasteiger partial charge in [0.25, 0.3) is 0 Å². The summed E-state index contributed by atoms with van der Waals surface area (Å²) in [7, 11) is 0. The van der Waals surface area contributed by atoms with E-state index in [0.29, 0.717) is 12.1 Å². The molecule has 1 aliphatic heterocycles. The van der Waals surface area contributed by atoms with Crippen molar-refractivity contribution >= 4 is 11.9 Å². The van der Waals surface area contributed by atoms with Crippen LogP contribution in [-0.4, -0.2) is 40.2 Å². The van der Waals surface area contributed by atoms with Crippen LogP contribution in [0.1, 0.15) is 97.6 Å². The lowest BCUT2D eigenvalue weighted by Gasteiger charge is -2.41. The van der Waals surface area contributed by atoms with Gasteiger partial charge in [-0.3, -0.25) is 9.80 Å². The molecule has 1 amide bonds. The second-order valence-electron chi connectivity index (χ2n) is 9.90. The van der Waals surface area contributed by atoms with E-state index in [0.717, 1.165) is 44.5 Å². The minimum Gasteiger partial charge on any atom is -0.443 e. The van der Waals surface area contributed by atoms with Crippen LogP contribution in [0.4, 0.5) is 10.6 Å². The summed E-state index contributed by atoms with van der Waals surface area (Å²) in [5, 5.41) is 0. The second-order valence-corrected chi connectivity index (χ2v) is 9.90.